The van der Waals surface area contributed by atoms with E-state index in [2.05, 4.69) is 5.32 Å². The molecule has 3 rings (SSSR count). The molecular weight excluding hydrogens is 286 g/mol. The first-order valence-electron chi connectivity index (χ1n) is 7.07. The molecule has 21 heavy (non-hydrogen) atoms. The molecule has 2 amide bonds. The first-order chi connectivity index (χ1) is 10.1. The van der Waals surface area contributed by atoms with Gasteiger partial charge in [0.1, 0.15) is 6.04 Å². The summed E-state index contributed by atoms with van der Waals surface area (Å²) in [5.74, 6) is 0.176. The zero-order valence-corrected chi connectivity index (χ0v) is 12.7. The standard InChI is InChI=1S/C15H17N3O2S/c1-10-14(20)18(15(21)16-10)9-11-4-6-12(7-5-11)17-8-2-3-13(17)19/h4-7,10H,2-3,8-9H2,1H3,(H,16,21). The summed E-state index contributed by atoms with van der Waals surface area (Å²) in [5, 5.41) is 3.43. The van der Waals surface area contributed by atoms with Crippen molar-refractivity contribution in [1.82, 2.24) is 10.2 Å². The van der Waals surface area contributed by atoms with E-state index in [1.54, 1.807) is 16.7 Å². The van der Waals surface area contributed by atoms with Crippen molar-refractivity contribution in [3.05, 3.63) is 29.8 Å². The van der Waals surface area contributed by atoms with Gasteiger partial charge in [-0.05, 0) is 43.3 Å². The Kier molecular flexibility index (Phi) is 3.63. The molecule has 2 saturated heterocycles. The van der Waals surface area contributed by atoms with Crippen LogP contribution in [0.15, 0.2) is 24.3 Å². The normalized spacial score (nSPS) is 22.1. The smallest absolute Gasteiger partial charge is 0.251 e. The highest BCUT2D eigenvalue weighted by atomic mass is 32.1. The van der Waals surface area contributed by atoms with Crippen molar-refractivity contribution in [2.45, 2.75) is 32.4 Å². The van der Waals surface area contributed by atoms with Crippen molar-refractivity contribution in [2.75, 3.05) is 11.4 Å². The monoisotopic (exact) mass is 303 g/mol. The summed E-state index contributed by atoms with van der Waals surface area (Å²) in [7, 11) is 0. The molecule has 0 spiro atoms. The molecule has 1 aromatic rings. The first kappa shape index (κ1) is 14.0. The van der Waals surface area contributed by atoms with Gasteiger partial charge in [-0.1, -0.05) is 12.1 Å². The Labute approximate surface area is 128 Å². The van der Waals surface area contributed by atoms with Crippen LogP contribution < -0.4 is 10.2 Å². The van der Waals surface area contributed by atoms with Gasteiger partial charge in [-0.15, -0.1) is 0 Å². The number of hydrogen-bond donors (Lipinski definition) is 1. The molecule has 0 aliphatic carbocycles. The van der Waals surface area contributed by atoms with Gasteiger partial charge in [0.25, 0.3) is 5.91 Å². The maximum absolute atomic E-state index is 12.0. The molecule has 1 atom stereocenters. The number of nitrogens with zero attached hydrogens (tertiary/aromatic N) is 2. The Morgan fingerprint density at radius 2 is 2.00 bits per heavy atom. The number of rotatable bonds is 3. The molecule has 6 heteroatoms. The van der Waals surface area contributed by atoms with Crippen molar-refractivity contribution in [2.24, 2.45) is 0 Å². The fourth-order valence-corrected chi connectivity index (χ4v) is 3.02. The highest BCUT2D eigenvalue weighted by Gasteiger charge is 2.32. The number of thiocarbonyl (C=S) groups is 1. The molecule has 2 aliphatic heterocycles. The van der Waals surface area contributed by atoms with E-state index in [0.717, 1.165) is 24.2 Å². The van der Waals surface area contributed by atoms with E-state index >= 15 is 0 Å². The molecule has 0 aromatic heterocycles. The van der Waals surface area contributed by atoms with Gasteiger partial charge < -0.3 is 10.2 Å². The van der Waals surface area contributed by atoms with Crippen LogP contribution in [-0.2, 0) is 16.1 Å². The summed E-state index contributed by atoms with van der Waals surface area (Å²) in [5.41, 5.74) is 1.92. The van der Waals surface area contributed by atoms with Crippen LogP contribution in [-0.4, -0.2) is 34.4 Å². The number of nitrogens with one attached hydrogen (secondary N) is 1. The highest BCUT2D eigenvalue weighted by molar-refractivity contribution is 7.80. The minimum atomic E-state index is -0.251. The van der Waals surface area contributed by atoms with Crippen LogP contribution >= 0.6 is 12.2 Å². The van der Waals surface area contributed by atoms with Crippen molar-refractivity contribution >= 4 is 34.8 Å². The zero-order valence-electron chi connectivity index (χ0n) is 11.8. The highest BCUT2D eigenvalue weighted by Crippen LogP contribution is 2.22. The predicted molar refractivity (Wildman–Crippen MR) is 83.8 cm³/mol. The maximum Gasteiger partial charge on any atom is 0.251 e. The third-order valence-electron chi connectivity index (χ3n) is 3.88. The topological polar surface area (TPSA) is 52.6 Å². The summed E-state index contributed by atoms with van der Waals surface area (Å²) in [6, 6.07) is 7.50. The Hall–Kier alpha value is -1.95. The quantitative estimate of drug-likeness (QED) is 0.858. The van der Waals surface area contributed by atoms with Crippen LogP contribution in [0.3, 0.4) is 0 Å². The molecule has 2 heterocycles. The average Bonchev–Trinajstić information content (AvgIpc) is 2.99. The fourth-order valence-electron chi connectivity index (χ4n) is 2.69. The lowest BCUT2D eigenvalue weighted by molar-refractivity contribution is -0.127. The molecular formula is C15H17N3O2S. The van der Waals surface area contributed by atoms with Crippen molar-refractivity contribution < 1.29 is 9.59 Å². The molecule has 110 valence electrons. The minimum Gasteiger partial charge on any atom is -0.351 e. The molecule has 1 unspecified atom stereocenters. The third kappa shape index (κ3) is 2.63. The SMILES string of the molecule is CC1NC(=S)N(Cc2ccc(N3CCCC3=O)cc2)C1=O. The van der Waals surface area contributed by atoms with Gasteiger partial charge >= 0.3 is 0 Å². The molecule has 1 aromatic carbocycles. The maximum atomic E-state index is 12.0. The van der Waals surface area contributed by atoms with Crippen molar-refractivity contribution in [3.8, 4) is 0 Å². The Bertz CT molecular complexity index is 599. The fraction of sp³-hybridized carbons (Fsp3) is 0.400. The van der Waals surface area contributed by atoms with E-state index in [0.29, 0.717) is 18.1 Å². The van der Waals surface area contributed by atoms with Gasteiger partial charge in [0.05, 0.1) is 6.54 Å². The predicted octanol–water partition coefficient (Wildman–Crippen LogP) is 1.42. The van der Waals surface area contributed by atoms with E-state index in [1.165, 1.54) is 0 Å². The Balaban J connectivity index is 1.71. The Morgan fingerprint density at radius 3 is 2.52 bits per heavy atom. The molecule has 0 radical (unpaired) electrons. The summed E-state index contributed by atoms with van der Waals surface area (Å²) in [4.78, 5) is 27.1. The zero-order chi connectivity index (χ0) is 15.0. The number of benzene rings is 1. The lowest BCUT2D eigenvalue weighted by Gasteiger charge is -2.18. The van der Waals surface area contributed by atoms with Crippen LogP contribution in [0.1, 0.15) is 25.3 Å². The van der Waals surface area contributed by atoms with Gasteiger partial charge in [-0.2, -0.15) is 0 Å². The molecule has 5 nitrogen and oxygen atoms in total. The lowest BCUT2D eigenvalue weighted by atomic mass is 10.2. The van der Waals surface area contributed by atoms with E-state index in [4.69, 9.17) is 12.2 Å². The van der Waals surface area contributed by atoms with Gasteiger partial charge in [0.2, 0.25) is 5.91 Å². The number of anilines is 1. The second-order valence-electron chi connectivity index (χ2n) is 5.41. The molecule has 1 N–H and O–H groups in total. The van der Waals surface area contributed by atoms with Crippen molar-refractivity contribution in [1.29, 1.82) is 0 Å². The molecule has 0 saturated carbocycles. The molecule has 2 aliphatic rings. The number of hydrogen-bond acceptors (Lipinski definition) is 3. The van der Waals surface area contributed by atoms with Crippen LogP contribution in [0.25, 0.3) is 0 Å². The lowest BCUT2D eigenvalue weighted by Crippen LogP contribution is -2.30. The van der Waals surface area contributed by atoms with Crippen LogP contribution in [0.5, 0.6) is 0 Å². The average molecular weight is 303 g/mol. The second-order valence-corrected chi connectivity index (χ2v) is 5.80. The van der Waals surface area contributed by atoms with Crippen LogP contribution in [0.2, 0.25) is 0 Å². The van der Waals surface area contributed by atoms with Gasteiger partial charge in [-0.3, -0.25) is 14.5 Å². The van der Waals surface area contributed by atoms with Crippen LogP contribution in [0, 0.1) is 0 Å². The number of amides is 2. The second kappa shape index (κ2) is 5.44. The van der Waals surface area contributed by atoms with Gasteiger partial charge in [-0.25, -0.2) is 0 Å². The van der Waals surface area contributed by atoms with E-state index in [1.807, 2.05) is 24.3 Å². The summed E-state index contributed by atoms with van der Waals surface area (Å²) < 4.78 is 0. The van der Waals surface area contributed by atoms with Crippen molar-refractivity contribution in [3.63, 3.8) is 0 Å². The summed E-state index contributed by atoms with van der Waals surface area (Å²) in [6.07, 6.45) is 1.54. The van der Waals surface area contributed by atoms with E-state index in [-0.39, 0.29) is 17.9 Å². The third-order valence-corrected chi connectivity index (χ3v) is 4.22. The first-order valence-corrected chi connectivity index (χ1v) is 7.48. The van der Waals surface area contributed by atoms with Gasteiger partial charge in [0, 0.05) is 18.7 Å². The van der Waals surface area contributed by atoms with Gasteiger partial charge in [0.15, 0.2) is 5.11 Å². The Morgan fingerprint density at radius 1 is 1.29 bits per heavy atom. The minimum absolute atomic E-state index is 0.00111. The van der Waals surface area contributed by atoms with E-state index in [9.17, 15) is 9.59 Å². The summed E-state index contributed by atoms with van der Waals surface area (Å²) >= 11 is 5.16. The number of carbonyl (C=O) groups is 2. The molecule has 2 fully saturated rings. The van der Waals surface area contributed by atoms with E-state index < -0.39 is 0 Å². The molecule has 0 bridgehead atoms. The number of carbonyl (C=O) groups excluding carboxylic acids is 2. The van der Waals surface area contributed by atoms with Crippen LogP contribution in [0.4, 0.5) is 5.69 Å². The largest absolute Gasteiger partial charge is 0.351 e. The summed E-state index contributed by atoms with van der Waals surface area (Å²) in [6.45, 7) is 3.05.